The van der Waals surface area contributed by atoms with Gasteiger partial charge in [0.2, 0.25) is 23.6 Å². The van der Waals surface area contributed by atoms with Gasteiger partial charge >= 0.3 is 0 Å². The molecule has 0 aliphatic heterocycles. The van der Waals surface area contributed by atoms with Gasteiger partial charge in [0.25, 0.3) is 0 Å². The van der Waals surface area contributed by atoms with Gasteiger partial charge in [0.05, 0.1) is 19.8 Å². The lowest BCUT2D eigenvalue weighted by Crippen LogP contribution is -2.57. The van der Waals surface area contributed by atoms with Crippen LogP contribution in [-0.2, 0) is 32.0 Å². The predicted molar refractivity (Wildman–Crippen MR) is 210 cm³/mol. The van der Waals surface area contributed by atoms with Gasteiger partial charge in [0.1, 0.15) is 35.4 Å². The normalized spacial score (nSPS) is 12.6. The molecule has 0 saturated carbocycles. The van der Waals surface area contributed by atoms with Crippen LogP contribution in [0.25, 0.3) is 22.0 Å². The maximum Gasteiger partial charge on any atom is 0.243 e. The Balaban J connectivity index is 1.63. The van der Waals surface area contributed by atoms with E-state index in [1.165, 1.54) is 6.07 Å². The van der Waals surface area contributed by atoms with E-state index in [4.69, 9.17) is 32.4 Å². The molecule has 0 spiro atoms. The van der Waals surface area contributed by atoms with Crippen molar-refractivity contribution in [1.82, 2.24) is 20.9 Å². The number of fused-ring (bicyclic) bond motifs is 1. The zero-order valence-electron chi connectivity index (χ0n) is 31.1. The molecule has 4 aromatic rings. The number of primary amides is 1. The number of benzene rings is 3. The average Bonchev–Trinajstić information content (AvgIpc) is 3.56. The van der Waals surface area contributed by atoms with E-state index >= 15 is 0 Å². The SMILES string of the molecule is COc1cccc(OC)c1-c1ccc(C[C@H](NC(=O)[C@H](Cc2c[nH]c3ccc(O)cc23)NC(=O)CCCN)C(=O)N[C@@H](CCCCN=C(N)N)C(N)=O)cc1. The van der Waals surface area contributed by atoms with E-state index in [0.29, 0.717) is 53.8 Å². The molecular weight excluding hydrogens is 706 g/mol. The molecule has 1 heterocycles. The summed E-state index contributed by atoms with van der Waals surface area (Å²) in [7, 11) is 3.14. The van der Waals surface area contributed by atoms with Crippen molar-refractivity contribution in [3.63, 3.8) is 0 Å². The number of nitrogens with one attached hydrogen (secondary N) is 4. The highest BCUT2D eigenvalue weighted by Crippen LogP contribution is 2.38. The summed E-state index contributed by atoms with van der Waals surface area (Å²) < 4.78 is 11.1. The van der Waals surface area contributed by atoms with Crippen molar-refractivity contribution in [2.45, 2.75) is 63.1 Å². The molecule has 0 radical (unpaired) electrons. The second kappa shape index (κ2) is 20.2. The van der Waals surface area contributed by atoms with Gasteiger partial charge in [-0.15, -0.1) is 0 Å². The number of unbranched alkanes of at least 4 members (excludes halogenated alkanes) is 1. The topological polar surface area (TPSA) is 275 Å². The fraction of sp³-hybridized carbons (Fsp3) is 0.359. The number of guanidine groups is 1. The smallest absolute Gasteiger partial charge is 0.243 e. The van der Waals surface area contributed by atoms with E-state index < -0.39 is 41.8 Å². The van der Waals surface area contributed by atoms with E-state index in [1.807, 2.05) is 42.5 Å². The molecule has 0 aliphatic rings. The van der Waals surface area contributed by atoms with E-state index in [-0.39, 0.29) is 43.9 Å². The molecule has 0 aliphatic carbocycles. The van der Waals surface area contributed by atoms with Crippen molar-refractivity contribution in [1.29, 1.82) is 0 Å². The highest BCUT2D eigenvalue weighted by atomic mass is 16.5. The van der Waals surface area contributed by atoms with Gasteiger partial charge in [-0.2, -0.15) is 0 Å². The number of phenols is 1. The molecule has 13 N–H and O–H groups in total. The molecular formula is C39H51N9O7. The van der Waals surface area contributed by atoms with Crippen LogP contribution in [0.15, 0.2) is 71.9 Å². The summed E-state index contributed by atoms with van der Waals surface area (Å²) in [6.07, 6.45) is 3.48. The van der Waals surface area contributed by atoms with Gasteiger partial charge in [-0.3, -0.25) is 24.2 Å². The summed E-state index contributed by atoms with van der Waals surface area (Å²) in [5.41, 5.74) is 25.7. The number of nitrogens with zero attached hydrogens (tertiary/aromatic N) is 1. The zero-order valence-corrected chi connectivity index (χ0v) is 31.1. The van der Waals surface area contributed by atoms with Crippen LogP contribution in [0, 0.1) is 0 Å². The monoisotopic (exact) mass is 757 g/mol. The number of H-pyrrole nitrogens is 1. The number of phenolic OH excluding ortho intramolecular Hbond substituents is 1. The second-order valence-electron chi connectivity index (χ2n) is 13.0. The summed E-state index contributed by atoms with van der Waals surface area (Å²) in [6, 6.07) is 14.2. The van der Waals surface area contributed by atoms with Gasteiger partial charge < -0.3 is 58.4 Å². The minimum absolute atomic E-state index is 0.0195. The first-order valence-electron chi connectivity index (χ1n) is 18.0. The highest BCUT2D eigenvalue weighted by Gasteiger charge is 2.30. The third kappa shape index (κ3) is 11.9. The number of aromatic hydroxyl groups is 1. The quantitative estimate of drug-likeness (QED) is 0.0335. The number of rotatable bonds is 21. The molecule has 0 bridgehead atoms. The van der Waals surface area contributed by atoms with Gasteiger partial charge in [0, 0.05) is 42.9 Å². The molecule has 55 heavy (non-hydrogen) atoms. The van der Waals surface area contributed by atoms with Crippen LogP contribution in [0.1, 0.15) is 43.2 Å². The summed E-state index contributed by atoms with van der Waals surface area (Å²) in [5.74, 6) is -1.23. The van der Waals surface area contributed by atoms with Crippen molar-refractivity contribution in [3.05, 3.63) is 78.0 Å². The average molecular weight is 758 g/mol. The number of carbonyl (C=O) groups excluding carboxylic acids is 4. The summed E-state index contributed by atoms with van der Waals surface area (Å²) in [4.78, 5) is 60.6. The molecule has 0 saturated heterocycles. The molecule has 4 rings (SSSR count). The second-order valence-corrected chi connectivity index (χ2v) is 13.0. The van der Waals surface area contributed by atoms with Crippen molar-refractivity contribution >= 4 is 40.5 Å². The number of ether oxygens (including phenoxy) is 2. The van der Waals surface area contributed by atoms with Crippen LogP contribution >= 0.6 is 0 Å². The van der Waals surface area contributed by atoms with E-state index in [9.17, 15) is 24.3 Å². The summed E-state index contributed by atoms with van der Waals surface area (Å²) in [6.45, 7) is 0.623. The Kier molecular flexibility index (Phi) is 15.3. The lowest BCUT2D eigenvalue weighted by atomic mass is 9.98. The first-order valence-corrected chi connectivity index (χ1v) is 18.0. The minimum atomic E-state index is -1.20. The minimum Gasteiger partial charge on any atom is -0.508 e. The zero-order chi connectivity index (χ0) is 39.9. The Labute approximate surface area is 319 Å². The molecule has 1 aromatic heterocycles. The first-order chi connectivity index (χ1) is 26.4. The summed E-state index contributed by atoms with van der Waals surface area (Å²) in [5, 5.41) is 19.1. The number of amides is 4. The highest BCUT2D eigenvalue weighted by molar-refractivity contribution is 5.95. The van der Waals surface area contributed by atoms with Crippen LogP contribution in [0.4, 0.5) is 0 Å². The number of hydrogen-bond donors (Lipinski definition) is 9. The molecule has 16 heteroatoms. The Bertz CT molecular complexity index is 1940. The third-order valence-corrected chi connectivity index (χ3v) is 9.03. The van der Waals surface area contributed by atoms with Crippen LogP contribution in [0.2, 0.25) is 0 Å². The Hall–Kier alpha value is -6.29. The number of aromatic amines is 1. The first kappa shape index (κ1) is 41.5. The van der Waals surface area contributed by atoms with Gasteiger partial charge in [-0.05, 0) is 79.3 Å². The van der Waals surface area contributed by atoms with Crippen molar-refractivity contribution in [2.75, 3.05) is 27.3 Å². The van der Waals surface area contributed by atoms with Crippen molar-refractivity contribution in [2.24, 2.45) is 27.9 Å². The van der Waals surface area contributed by atoms with E-state index in [2.05, 4.69) is 25.9 Å². The molecule has 4 amide bonds. The lowest BCUT2D eigenvalue weighted by molar-refractivity contribution is -0.133. The van der Waals surface area contributed by atoms with E-state index in [1.54, 1.807) is 32.5 Å². The number of nitrogens with two attached hydrogens (primary N) is 4. The number of methoxy groups -OCH3 is 2. The maximum absolute atomic E-state index is 14.1. The molecule has 3 atom stereocenters. The van der Waals surface area contributed by atoms with Crippen LogP contribution in [0.5, 0.6) is 17.2 Å². The summed E-state index contributed by atoms with van der Waals surface area (Å²) >= 11 is 0. The van der Waals surface area contributed by atoms with Crippen LogP contribution < -0.4 is 48.4 Å². The molecule has 0 unspecified atom stereocenters. The Morgan fingerprint density at radius 2 is 1.47 bits per heavy atom. The van der Waals surface area contributed by atoms with Crippen LogP contribution in [-0.4, -0.2) is 85.1 Å². The molecule has 0 fully saturated rings. The number of aromatic nitrogens is 1. The fourth-order valence-corrected chi connectivity index (χ4v) is 6.18. The van der Waals surface area contributed by atoms with Crippen molar-refractivity contribution in [3.8, 4) is 28.4 Å². The van der Waals surface area contributed by atoms with E-state index in [0.717, 1.165) is 16.6 Å². The fourth-order valence-electron chi connectivity index (χ4n) is 6.18. The standard InChI is InChI=1S/C39H51N9O7/c1-54-32-8-5-9-33(55-2)35(32)24-13-11-23(12-14-24)19-30(37(52)47-29(36(41)51)7-3-4-18-44-39(42)43)48-38(53)31(46-34(50)10-6-17-40)20-25-22-45-28-16-15-26(49)21-27(25)28/h5,8-9,11-16,21-22,29-31,45,49H,3-4,6-7,10,17-20,40H2,1-2H3,(H2,41,51)(H,46,50)(H,47,52)(H,48,53)(H4,42,43,44)/t29-,30-,31-/m0/s1. The lowest BCUT2D eigenvalue weighted by Gasteiger charge is -2.25. The number of hydrogen-bond acceptors (Lipinski definition) is 9. The predicted octanol–water partition coefficient (Wildman–Crippen LogP) is 1.47. The Morgan fingerprint density at radius 3 is 2.09 bits per heavy atom. The van der Waals surface area contributed by atoms with Gasteiger partial charge in [-0.25, -0.2) is 0 Å². The Morgan fingerprint density at radius 1 is 0.818 bits per heavy atom. The maximum atomic E-state index is 14.1. The van der Waals surface area contributed by atoms with Crippen molar-refractivity contribution < 1.29 is 33.8 Å². The van der Waals surface area contributed by atoms with Gasteiger partial charge in [0.15, 0.2) is 5.96 Å². The third-order valence-electron chi connectivity index (χ3n) is 9.03. The molecule has 294 valence electrons. The van der Waals surface area contributed by atoms with Crippen LogP contribution in [0.3, 0.4) is 0 Å². The number of aliphatic imine (C=N–C) groups is 1. The van der Waals surface area contributed by atoms with Gasteiger partial charge in [-0.1, -0.05) is 30.3 Å². The largest absolute Gasteiger partial charge is 0.508 e. The molecule has 3 aromatic carbocycles. The number of carbonyl (C=O) groups is 4. The molecule has 16 nitrogen and oxygen atoms in total.